The topological polar surface area (TPSA) is 35.0 Å². The van der Waals surface area contributed by atoms with Crippen LogP contribution in [-0.4, -0.2) is 9.13 Å². The van der Waals surface area contributed by atoms with Gasteiger partial charge in [0.15, 0.2) is 5.50 Å². The molecule has 0 spiro atoms. The fourth-order valence-electron chi connectivity index (χ4n) is 7.84. The van der Waals surface area contributed by atoms with Crippen molar-refractivity contribution < 1.29 is 4.42 Å². The van der Waals surface area contributed by atoms with Crippen molar-refractivity contribution in [3.63, 3.8) is 0 Å². The number of anilines is 1. The van der Waals surface area contributed by atoms with Crippen LogP contribution in [0.15, 0.2) is 161 Å². The summed E-state index contributed by atoms with van der Waals surface area (Å²) in [4.78, 5) is 1.23. The van der Waals surface area contributed by atoms with E-state index in [1.807, 2.05) is 11.8 Å². The molecule has 0 saturated heterocycles. The van der Waals surface area contributed by atoms with Crippen molar-refractivity contribution in [2.45, 2.75) is 10.4 Å². The number of rotatable bonds is 3. The second-order valence-electron chi connectivity index (χ2n) is 12.6. The van der Waals surface area contributed by atoms with E-state index < -0.39 is 0 Å². The van der Waals surface area contributed by atoms with Crippen LogP contribution in [0.3, 0.4) is 0 Å². The summed E-state index contributed by atoms with van der Waals surface area (Å²) >= 11 is 1.87. The molecule has 1 aliphatic rings. The molecule has 1 aliphatic heterocycles. The average molecular weight is 634 g/mol. The quantitative estimate of drug-likeness (QED) is 0.210. The zero-order valence-electron chi connectivity index (χ0n) is 25.7. The minimum Gasteiger partial charge on any atom is -0.456 e. The predicted molar refractivity (Wildman–Crippen MR) is 201 cm³/mol. The van der Waals surface area contributed by atoms with Gasteiger partial charge in [0.05, 0.1) is 27.8 Å². The lowest BCUT2D eigenvalue weighted by Gasteiger charge is -2.16. The smallest absolute Gasteiger partial charge is 0.157 e. The second-order valence-corrected chi connectivity index (χ2v) is 13.7. The first-order valence-electron chi connectivity index (χ1n) is 16.3. The van der Waals surface area contributed by atoms with E-state index in [-0.39, 0.29) is 5.50 Å². The fraction of sp³-hybridized carbons (Fsp3) is 0.0233. The van der Waals surface area contributed by atoms with Crippen LogP contribution >= 0.6 is 11.8 Å². The lowest BCUT2D eigenvalue weighted by molar-refractivity contribution is 0.668. The van der Waals surface area contributed by atoms with Crippen molar-refractivity contribution in [2.24, 2.45) is 0 Å². The van der Waals surface area contributed by atoms with Gasteiger partial charge in [-0.05, 0) is 71.8 Å². The zero-order chi connectivity index (χ0) is 31.3. The molecule has 0 fully saturated rings. The third-order valence-corrected chi connectivity index (χ3v) is 11.2. The van der Waals surface area contributed by atoms with E-state index in [0.717, 1.165) is 27.9 Å². The lowest BCUT2D eigenvalue weighted by Crippen LogP contribution is -2.10. The molecule has 0 radical (unpaired) electrons. The van der Waals surface area contributed by atoms with Crippen LogP contribution < -0.4 is 5.32 Å². The van der Waals surface area contributed by atoms with Crippen molar-refractivity contribution in [2.75, 3.05) is 5.32 Å². The summed E-state index contributed by atoms with van der Waals surface area (Å²) in [6, 6.07) is 54.5. The summed E-state index contributed by atoms with van der Waals surface area (Å²) in [5.74, 6) is 0. The monoisotopic (exact) mass is 633 g/mol. The van der Waals surface area contributed by atoms with E-state index in [1.165, 1.54) is 65.0 Å². The Morgan fingerprint density at radius 3 is 2.02 bits per heavy atom. The molecule has 1 atom stereocenters. The van der Waals surface area contributed by atoms with E-state index in [2.05, 4.69) is 166 Å². The van der Waals surface area contributed by atoms with Crippen LogP contribution in [-0.2, 0) is 0 Å². The normalized spacial score (nSPS) is 14.5. The first-order valence-corrected chi connectivity index (χ1v) is 17.2. The number of aromatic nitrogens is 2. The number of hydrogen-bond acceptors (Lipinski definition) is 3. The number of nitrogens with zero attached hydrogens (tertiary/aromatic N) is 2. The van der Waals surface area contributed by atoms with Gasteiger partial charge in [-0.1, -0.05) is 103 Å². The van der Waals surface area contributed by atoms with Crippen molar-refractivity contribution in [1.29, 1.82) is 0 Å². The van der Waals surface area contributed by atoms with Gasteiger partial charge in [-0.3, -0.25) is 0 Å². The summed E-state index contributed by atoms with van der Waals surface area (Å²) in [6.07, 6.45) is 0. The molecule has 3 aromatic heterocycles. The van der Waals surface area contributed by atoms with Crippen molar-refractivity contribution in [3.05, 3.63) is 152 Å². The van der Waals surface area contributed by atoms with Gasteiger partial charge in [-0.2, -0.15) is 0 Å². The molecule has 10 aromatic rings. The Kier molecular flexibility index (Phi) is 5.35. The summed E-state index contributed by atoms with van der Waals surface area (Å²) in [6.45, 7) is 0. The first-order chi connectivity index (χ1) is 23.8. The SMILES string of the molecule is c1ccc(-c2ccc3oc4ccc5c(c4c3c2)SC(n2c3ccccc3c3cc4c6ccccc6n(-c6ccccc6)c4cc32)N5)cc1. The molecule has 4 heterocycles. The number of fused-ring (bicyclic) bond motifs is 11. The number of para-hydroxylation sites is 3. The maximum absolute atomic E-state index is 6.42. The number of hydrogen-bond donors (Lipinski definition) is 1. The van der Waals surface area contributed by atoms with Crippen molar-refractivity contribution >= 4 is 83.0 Å². The van der Waals surface area contributed by atoms with Crippen LogP contribution in [0.1, 0.15) is 5.50 Å². The lowest BCUT2D eigenvalue weighted by atomic mass is 10.0. The Morgan fingerprint density at radius 2 is 1.19 bits per heavy atom. The van der Waals surface area contributed by atoms with Gasteiger partial charge in [0.2, 0.25) is 0 Å². The van der Waals surface area contributed by atoms with Crippen LogP contribution in [0.5, 0.6) is 0 Å². The van der Waals surface area contributed by atoms with Gasteiger partial charge in [0.1, 0.15) is 11.2 Å². The molecule has 48 heavy (non-hydrogen) atoms. The Hall–Kier alpha value is -5.91. The third kappa shape index (κ3) is 3.62. The number of benzene rings is 7. The summed E-state index contributed by atoms with van der Waals surface area (Å²) < 4.78 is 11.3. The third-order valence-electron chi connectivity index (χ3n) is 9.96. The largest absolute Gasteiger partial charge is 0.456 e. The Morgan fingerprint density at radius 1 is 0.500 bits per heavy atom. The highest BCUT2D eigenvalue weighted by atomic mass is 32.2. The maximum atomic E-state index is 6.42. The summed E-state index contributed by atoms with van der Waals surface area (Å²) in [5, 5.41) is 11.3. The predicted octanol–water partition coefficient (Wildman–Crippen LogP) is 12.1. The van der Waals surface area contributed by atoms with Gasteiger partial charge in [-0.25, -0.2) is 0 Å². The van der Waals surface area contributed by atoms with Crippen molar-refractivity contribution in [3.8, 4) is 16.8 Å². The Balaban J connectivity index is 1.14. The molecule has 7 aromatic carbocycles. The van der Waals surface area contributed by atoms with Gasteiger partial charge in [-0.15, -0.1) is 0 Å². The molecule has 1 unspecified atom stereocenters. The van der Waals surface area contributed by atoms with E-state index in [0.29, 0.717) is 0 Å². The summed E-state index contributed by atoms with van der Waals surface area (Å²) in [5.41, 5.74) is 11.3. The molecule has 0 amide bonds. The molecule has 0 bridgehead atoms. The number of furan rings is 1. The molecule has 4 nitrogen and oxygen atoms in total. The zero-order valence-corrected chi connectivity index (χ0v) is 26.5. The molecule has 0 saturated carbocycles. The van der Waals surface area contributed by atoms with Crippen LogP contribution in [0.4, 0.5) is 5.69 Å². The van der Waals surface area contributed by atoms with Gasteiger partial charge < -0.3 is 18.9 Å². The van der Waals surface area contributed by atoms with Crippen LogP contribution in [0.2, 0.25) is 0 Å². The highest BCUT2D eigenvalue weighted by Crippen LogP contribution is 2.52. The highest BCUT2D eigenvalue weighted by Gasteiger charge is 2.30. The van der Waals surface area contributed by atoms with Gasteiger partial charge >= 0.3 is 0 Å². The van der Waals surface area contributed by atoms with E-state index in [1.54, 1.807) is 0 Å². The molecule has 11 rings (SSSR count). The number of nitrogens with one attached hydrogen (secondary N) is 1. The highest BCUT2D eigenvalue weighted by molar-refractivity contribution is 8.00. The average Bonchev–Trinajstić information content (AvgIpc) is 3.90. The van der Waals surface area contributed by atoms with E-state index in [4.69, 9.17) is 4.42 Å². The summed E-state index contributed by atoms with van der Waals surface area (Å²) in [7, 11) is 0. The number of thioether (sulfide) groups is 1. The molecule has 5 heteroatoms. The second kappa shape index (κ2) is 9.80. The van der Waals surface area contributed by atoms with E-state index >= 15 is 0 Å². The van der Waals surface area contributed by atoms with Crippen LogP contribution in [0, 0.1) is 0 Å². The minimum atomic E-state index is -0.0396. The first kappa shape index (κ1) is 26.2. The van der Waals surface area contributed by atoms with E-state index in [9.17, 15) is 0 Å². The molecular weight excluding hydrogens is 607 g/mol. The standard InChI is InChI=1S/C43H27N3OS/c1-3-11-26(12-4-1)27-19-21-39-33(23-27)41-40(47-39)22-20-34-42(41)48-43(44-34)46-36-18-10-8-16-30(36)32-24-31-29-15-7-9-17-35(29)45(37(31)25-38(32)46)28-13-5-2-6-14-28/h1-25,43-44H. The molecule has 0 aliphatic carbocycles. The van der Waals surface area contributed by atoms with Crippen molar-refractivity contribution in [1.82, 2.24) is 9.13 Å². The maximum Gasteiger partial charge on any atom is 0.157 e. The molecule has 1 N–H and O–H groups in total. The molecular formula is C43H27N3OS. The minimum absolute atomic E-state index is 0.0396. The Bertz CT molecular complexity index is 2900. The Labute approximate surface area is 279 Å². The fourth-order valence-corrected chi connectivity index (χ4v) is 9.17. The van der Waals surface area contributed by atoms with Gasteiger partial charge in [0.25, 0.3) is 0 Å². The van der Waals surface area contributed by atoms with Gasteiger partial charge in [0, 0.05) is 42.9 Å². The van der Waals surface area contributed by atoms with Crippen LogP contribution in [0.25, 0.3) is 82.4 Å². The molecule has 226 valence electrons.